The van der Waals surface area contributed by atoms with Gasteiger partial charge in [-0.25, -0.2) is 4.98 Å². The van der Waals surface area contributed by atoms with Crippen molar-refractivity contribution < 1.29 is 0 Å². The van der Waals surface area contributed by atoms with Gasteiger partial charge in [0, 0.05) is 25.9 Å². The molecule has 0 aliphatic carbocycles. The smallest absolute Gasteiger partial charge is 0.224 e. The molecule has 0 radical (unpaired) electrons. The number of aromatic nitrogens is 5. The van der Waals surface area contributed by atoms with E-state index in [9.17, 15) is 0 Å². The molecule has 0 saturated heterocycles. The lowest BCUT2D eigenvalue weighted by atomic mass is 10.3. The van der Waals surface area contributed by atoms with E-state index in [1.807, 2.05) is 25.5 Å². The molecule has 0 fully saturated rings. The molecule has 0 saturated carbocycles. The lowest BCUT2D eigenvalue weighted by Gasteiger charge is -2.15. The normalized spacial score (nSPS) is 12.2. The molecule has 7 heteroatoms. The van der Waals surface area contributed by atoms with Crippen LogP contribution in [0.2, 0.25) is 0 Å². The molecule has 2 rings (SSSR count). The van der Waals surface area contributed by atoms with Gasteiger partial charge in [0.15, 0.2) is 5.82 Å². The first kappa shape index (κ1) is 12.3. The van der Waals surface area contributed by atoms with Gasteiger partial charge in [-0.2, -0.15) is 4.98 Å². The molecule has 7 nitrogen and oxygen atoms in total. The van der Waals surface area contributed by atoms with Crippen LogP contribution in [-0.4, -0.2) is 31.8 Å². The maximum absolute atomic E-state index is 4.38. The van der Waals surface area contributed by atoms with Crippen LogP contribution in [0.3, 0.4) is 0 Å². The minimum atomic E-state index is 0.0239. The molecule has 0 aromatic carbocycles. The number of rotatable bonds is 4. The number of nitrogens with one attached hydrogen (secondary N) is 2. The third kappa shape index (κ3) is 2.39. The fourth-order valence-corrected chi connectivity index (χ4v) is 1.66. The lowest BCUT2D eigenvalue weighted by molar-refractivity contribution is 0.715. The van der Waals surface area contributed by atoms with Gasteiger partial charge in [0.05, 0.1) is 6.04 Å². The van der Waals surface area contributed by atoms with Crippen molar-refractivity contribution in [2.75, 3.05) is 17.7 Å². The van der Waals surface area contributed by atoms with Gasteiger partial charge in [0.1, 0.15) is 12.1 Å². The second-order valence-corrected chi connectivity index (χ2v) is 4.14. The summed E-state index contributed by atoms with van der Waals surface area (Å²) >= 11 is 0. The van der Waals surface area contributed by atoms with Crippen LogP contribution in [-0.2, 0) is 7.05 Å². The summed E-state index contributed by atoms with van der Waals surface area (Å²) < 4.78 is 1.88. The molecule has 2 N–H and O–H groups in total. The van der Waals surface area contributed by atoms with Crippen molar-refractivity contribution in [1.82, 2.24) is 24.7 Å². The van der Waals surface area contributed by atoms with Crippen molar-refractivity contribution >= 4 is 11.8 Å². The maximum atomic E-state index is 4.38. The average molecular weight is 247 g/mol. The Balaban J connectivity index is 2.21. The van der Waals surface area contributed by atoms with E-state index in [0.29, 0.717) is 5.95 Å². The summed E-state index contributed by atoms with van der Waals surface area (Å²) in [4.78, 5) is 8.53. The first-order valence-electron chi connectivity index (χ1n) is 5.73. The van der Waals surface area contributed by atoms with Gasteiger partial charge in [0.25, 0.3) is 0 Å². The maximum Gasteiger partial charge on any atom is 0.224 e. The highest BCUT2D eigenvalue weighted by Crippen LogP contribution is 2.19. The van der Waals surface area contributed by atoms with E-state index in [2.05, 4.69) is 30.8 Å². The Morgan fingerprint density at radius 2 is 2.17 bits per heavy atom. The van der Waals surface area contributed by atoms with Crippen LogP contribution in [0.5, 0.6) is 0 Å². The minimum Gasteiger partial charge on any atom is -0.360 e. The second kappa shape index (κ2) is 4.99. The van der Waals surface area contributed by atoms with Crippen LogP contribution in [0.25, 0.3) is 0 Å². The molecule has 0 spiro atoms. The van der Waals surface area contributed by atoms with E-state index in [0.717, 1.165) is 17.2 Å². The summed E-state index contributed by atoms with van der Waals surface area (Å²) in [7, 11) is 3.71. The van der Waals surface area contributed by atoms with Gasteiger partial charge < -0.3 is 15.2 Å². The molecule has 2 heterocycles. The largest absolute Gasteiger partial charge is 0.360 e. The number of anilines is 2. The monoisotopic (exact) mass is 247 g/mol. The predicted octanol–water partition coefficient (Wildman–Crippen LogP) is 1.13. The Morgan fingerprint density at radius 1 is 1.39 bits per heavy atom. The fraction of sp³-hybridized carbons (Fsp3) is 0.455. The van der Waals surface area contributed by atoms with E-state index in [1.165, 1.54) is 0 Å². The van der Waals surface area contributed by atoms with Crippen LogP contribution < -0.4 is 10.6 Å². The number of hydrogen-bond acceptors (Lipinski definition) is 6. The van der Waals surface area contributed by atoms with Crippen LogP contribution in [0.15, 0.2) is 12.5 Å². The lowest BCUT2D eigenvalue weighted by Crippen LogP contribution is -2.14. The average Bonchev–Trinajstić information content (AvgIpc) is 2.78. The number of hydrogen-bond donors (Lipinski definition) is 2. The van der Waals surface area contributed by atoms with Gasteiger partial charge in [-0.15, -0.1) is 10.2 Å². The summed E-state index contributed by atoms with van der Waals surface area (Å²) in [6.07, 6.45) is 3.46. The van der Waals surface area contributed by atoms with Crippen molar-refractivity contribution in [3.8, 4) is 0 Å². The standard InChI is InChI=1S/C11H17N7/c1-7-5-13-11(12-3)16-9(7)15-8(2)10-17-14-6-18(10)4/h5-6,8H,1-4H3,(H2,12,13,15,16). The van der Waals surface area contributed by atoms with Crippen molar-refractivity contribution in [3.05, 3.63) is 23.9 Å². The summed E-state index contributed by atoms with van der Waals surface area (Å²) in [5, 5.41) is 14.2. The van der Waals surface area contributed by atoms with Gasteiger partial charge in [-0.1, -0.05) is 0 Å². The topological polar surface area (TPSA) is 80.5 Å². The summed E-state index contributed by atoms with van der Waals surface area (Å²) in [6, 6.07) is 0.0239. The first-order chi connectivity index (χ1) is 8.61. The Morgan fingerprint density at radius 3 is 2.78 bits per heavy atom. The molecule has 18 heavy (non-hydrogen) atoms. The van der Waals surface area contributed by atoms with E-state index >= 15 is 0 Å². The SMILES string of the molecule is CNc1ncc(C)c(NC(C)c2nncn2C)n1. The molecular formula is C11H17N7. The zero-order valence-corrected chi connectivity index (χ0v) is 11.0. The molecule has 0 aliphatic rings. The predicted molar refractivity (Wildman–Crippen MR) is 69.4 cm³/mol. The van der Waals surface area contributed by atoms with Gasteiger partial charge in [-0.05, 0) is 13.8 Å². The van der Waals surface area contributed by atoms with E-state index < -0.39 is 0 Å². The highest BCUT2D eigenvalue weighted by atomic mass is 15.3. The molecule has 2 aromatic rings. The zero-order valence-electron chi connectivity index (χ0n) is 11.0. The molecule has 0 aliphatic heterocycles. The molecule has 1 atom stereocenters. The van der Waals surface area contributed by atoms with E-state index in [1.54, 1.807) is 19.6 Å². The zero-order chi connectivity index (χ0) is 13.1. The molecular weight excluding hydrogens is 230 g/mol. The molecule has 2 aromatic heterocycles. The number of nitrogens with zero attached hydrogens (tertiary/aromatic N) is 5. The Bertz CT molecular complexity index is 534. The minimum absolute atomic E-state index is 0.0239. The Labute approximate surface area is 106 Å². The van der Waals surface area contributed by atoms with Crippen molar-refractivity contribution in [2.24, 2.45) is 7.05 Å². The van der Waals surface area contributed by atoms with Crippen LogP contribution >= 0.6 is 0 Å². The van der Waals surface area contributed by atoms with Crippen molar-refractivity contribution in [2.45, 2.75) is 19.9 Å². The third-order valence-electron chi connectivity index (χ3n) is 2.68. The fourth-order valence-electron chi connectivity index (χ4n) is 1.66. The summed E-state index contributed by atoms with van der Waals surface area (Å²) in [5.74, 6) is 2.25. The highest BCUT2D eigenvalue weighted by Gasteiger charge is 2.13. The van der Waals surface area contributed by atoms with E-state index in [4.69, 9.17) is 0 Å². The molecule has 0 amide bonds. The van der Waals surface area contributed by atoms with Crippen molar-refractivity contribution in [3.63, 3.8) is 0 Å². The Hall–Kier alpha value is -2.18. The summed E-state index contributed by atoms with van der Waals surface area (Å²) in [6.45, 7) is 3.98. The Kier molecular flexibility index (Phi) is 3.40. The van der Waals surface area contributed by atoms with Crippen LogP contribution in [0, 0.1) is 6.92 Å². The number of aryl methyl sites for hydroxylation is 2. The third-order valence-corrected chi connectivity index (χ3v) is 2.68. The first-order valence-corrected chi connectivity index (χ1v) is 5.73. The highest BCUT2D eigenvalue weighted by molar-refractivity contribution is 5.47. The second-order valence-electron chi connectivity index (χ2n) is 4.14. The van der Waals surface area contributed by atoms with E-state index in [-0.39, 0.29) is 6.04 Å². The molecule has 1 unspecified atom stereocenters. The van der Waals surface area contributed by atoms with Crippen molar-refractivity contribution in [1.29, 1.82) is 0 Å². The molecule has 96 valence electrons. The summed E-state index contributed by atoms with van der Waals surface area (Å²) in [5.41, 5.74) is 0.989. The quantitative estimate of drug-likeness (QED) is 0.843. The van der Waals surface area contributed by atoms with Gasteiger partial charge in [-0.3, -0.25) is 0 Å². The molecule has 0 bridgehead atoms. The van der Waals surface area contributed by atoms with Crippen LogP contribution in [0.4, 0.5) is 11.8 Å². The van der Waals surface area contributed by atoms with Crippen LogP contribution in [0.1, 0.15) is 24.4 Å². The van der Waals surface area contributed by atoms with Gasteiger partial charge >= 0.3 is 0 Å². The van der Waals surface area contributed by atoms with Gasteiger partial charge in [0.2, 0.25) is 5.95 Å².